The van der Waals surface area contributed by atoms with Gasteiger partial charge in [0.2, 0.25) is 5.91 Å². The van der Waals surface area contributed by atoms with Gasteiger partial charge in [0.25, 0.3) is 5.91 Å². The van der Waals surface area contributed by atoms with E-state index in [0.717, 1.165) is 19.4 Å². The average Bonchev–Trinajstić information content (AvgIpc) is 2.97. The third-order valence-electron chi connectivity index (χ3n) is 4.77. The highest BCUT2D eigenvalue weighted by Crippen LogP contribution is 2.35. The van der Waals surface area contributed by atoms with E-state index in [1.54, 1.807) is 12.1 Å². The Morgan fingerprint density at radius 1 is 1.10 bits per heavy atom. The second kappa shape index (κ2) is 6.29. The molecule has 1 N–H and O–H groups in total. The quantitative estimate of drug-likeness (QED) is 0.926. The second-order valence-electron chi connectivity index (χ2n) is 6.04. The lowest BCUT2D eigenvalue weighted by molar-refractivity contribution is -0.131. The van der Waals surface area contributed by atoms with E-state index >= 15 is 0 Å². The van der Waals surface area contributed by atoms with Crippen molar-refractivity contribution in [3.8, 4) is 0 Å². The standard InChI is InChI=1S/C17H22N2O2/c20-16(12-18-17(21)14-7-2-1-3-8-14)19-11-10-13-6-4-5-9-15(13)19/h1-3,7-8,13,15H,4-6,9-12H2,(H,18,21). The van der Waals surface area contributed by atoms with Crippen LogP contribution in [-0.4, -0.2) is 35.8 Å². The van der Waals surface area contributed by atoms with Gasteiger partial charge < -0.3 is 10.2 Å². The van der Waals surface area contributed by atoms with Gasteiger partial charge in [0.1, 0.15) is 0 Å². The first kappa shape index (κ1) is 14.1. The number of carbonyl (C=O) groups excluding carboxylic acids is 2. The van der Waals surface area contributed by atoms with Crippen molar-refractivity contribution in [2.75, 3.05) is 13.1 Å². The summed E-state index contributed by atoms with van der Waals surface area (Å²) in [4.78, 5) is 26.3. The summed E-state index contributed by atoms with van der Waals surface area (Å²) in [5, 5.41) is 2.74. The Bertz CT molecular complexity index is 515. The molecule has 1 aromatic carbocycles. The fourth-order valence-electron chi connectivity index (χ4n) is 3.66. The van der Waals surface area contributed by atoms with Crippen molar-refractivity contribution >= 4 is 11.8 Å². The van der Waals surface area contributed by atoms with Gasteiger partial charge in [0.05, 0.1) is 6.54 Å². The van der Waals surface area contributed by atoms with Crippen molar-refractivity contribution in [3.05, 3.63) is 35.9 Å². The number of hydrogen-bond acceptors (Lipinski definition) is 2. The monoisotopic (exact) mass is 286 g/mol. The van der Waals surface area contributed by atoms with Gasteiger partial charge in [-0.3, -0.25) is 9.59 Å². The number of amides is 2. The van der Waals surface area contributed by atoms with Crippen LogP contribution in [0.5, 0.6) is 0 Å². The Balaban J connectivity index is 1.54. The van der Waals surface area contributed by atoms with Crippen LogP contribution in [0.3, 0.4) is 0 Å². The zero-order valence-corrected chi connectivity index (χ0v) is 12.3. The fourth-order valence-corrected chi connectivity index (χ4v) is 3.66. The highest BCUT2D eigenvalue weighted by Gasteiger charge is 2.37. The first-order chi connectivity index (χ1) is 10.3. The Hall–Kier alpha value is -1.84. The maximum atomic E-state index is 12.3. The molecular formula is C17H22N2O2. The first-order valence-electron chi connectivity index (χ1n) is 7.88. The van der Waals surface area contributed by atoms with Crippen LogP contribution in [0.2, 0.25) is 0 Å². The molecule has 21 heavy (non-hydrogen) atoms. The van der Waals surface area contributed by atoms with Crippen LogP contribution < -0.4 is 5.32 Å². The molecule has 1 heterocycles. The van der Waals surface area contributed by atoms with Crippen LogP contribution in [0.15, 0.2) is 30.3 Å². The van der Waals surface area contributed by atoms with Gasteiger partial charge in [0, 0.05) is 18.2 Å². The third-order valence-corrected chi connectivity index (χ3v) is 4.77. The minimum absolute atomic E-state index is 0.0636. The highest BCUT2D eigenvalue weighted by atomic mass is 16.2. The largest absolute Gasteiger partial charge is 0.343 e. The lowest BCUT2D eigenvalue weighted by Gasteiger charge is -2.31. The van der Waals surface area contributed by atoms with Gasteiger partial charge in [-0.15, -0.1) is 0 Å². The van der Waals surface area contributed by atoms with E-state index in [1.165, 1.54) is 19.3 Å². The summed E-state index contributed by atoms with van der Waals surface area (Å²) < 4.78 is 0. The number of rotatable bonds is 3. The summed E-state index contributed by atoms with van der Waals surface area (Å²) in [6, 6.07) is 9.45. The molecule has 1 aliphatic heterocycles. The summed E-state index contributed by atoms with van der Waals surface area (Å²) in [6.07, 6.45) is 6.03. The van der Waals surface area contributed by atoms with Gasteiger partial charge in [-0.25, -0.2) is 0 Å². The van der Waals surface area contributed by atoms with Crippen LogP contribution in [0.1, 0.15) is 42.5 Å². The number of benzene rings is 1. The van der Waals surface area contributed by atoms with E-state index in [0.29, 0.717) is 17.5 Å². The zero-order chi connectivity index (χ0) is 14.7. The predicted octanol–water partition coefficient (Wildman–Crippen LogP) is 2.21. The van der Waals surface area contributed by atoms with Crippen LogP contribution >= 0.6 is 0 Å². The van der Waals surface area contributed by atoms with Gasteiger partial charge in [0.15, 0.2) is 0 Å². The molecule has 0 aromatic heterocycles. The third kappa shape index (κ3) is 3.09. The molecule has 2 amide bonds. The number of fused-ring (bicyclic) bond motifs is 1. The van der Waals surface area contributed by atoms with Crippen molar-refractivity contribution in [2.45, 2.75) is 38.1 Å². The lowest BCUT2D eigenvalue weighted by Crippen LogP contribution is -2.44. The maximum Gasteiger partial charge on any atom is 0.251 e. The molecule has 2 fully saturated rings. The molecule has 4 nitrogen and oxygen atoms in total. The normalized spacial score (nSPS) is 24.5. The Kier molecular flexibility index (Phi) is 4.23. The van der Waals surface area contributed by atoms with E-state index in [9.17, 15) is 9.59 Å². The molecule has 1 saturated heterocycles. The number of likely N-dealkylation sites (tertiary alicyclic amines) is 1. The van der Waals surface area contributed by atoms with E-state index in [2.05, 4.69) is 5.32 Å². The Morgan fingerprint density at radius 3 is 2.67 bits per heavy atom. The van der Waals surface area contributed by atoms with Gasteiger partial charge >= 0.3 is 0 Å². The maximum absolute atomic E-state index is 12.3. The van der Waals surface area contributed by atoms with E-state index in [4.69, 9.17) is 0 Å². The second-order valence-corrected chi connectivity index (χ2v) is 6.04. The van der Waals surface area contributed by atoms with Crippen LogP contribution in [0.25, 0.3) is 0 Å². The van der Waals surface area contributed by atoms with Gasteiger partial charge in [-0.2, -0.15) is 0 Å². The van der Waals surface area contributed by atoms with E-state index in [1.807, 2.05) is 23.1 Å². The van der Waals surface area contributed by atoms with Gasteiger partial charge in [-0.05, 0) is 37.3 Å². The smallest absolute Gasteiger partial charge is 0.251 e. The lowest BCUT2D eigenvalue weighted by atomic mass is 9.85. The predicted molar refractivity (Wildman–Crippen MR) is 80.9 cm³/mol. The Labute approximate surface area is 125 Å². The number of carbonyl (C=O) groups is 2. The molecule has 112 valence electrons. The summed E-state index contributed by atoms with van der Waals surface area (Å²) in [7, 11) is 0. The molecule has 0 bridgehead atoms. The van der Waals surface area contributed by atoms with Crippen LogP contribution in [0.4, 0.5) is 0 Å². The number of nitrogens with one attached hydrogen (secondary N) is 1. The molecule has 2 atom stereocenters. The molecule has 0 spiro atoms. The number of hydrogen-bond donors (Lipinski definition) is 1. The van der Waals surface area contributed by atoms with Crippen molar-refractivity contribution in [3.63, 3.8) is 0 Å². The minimum atomic E-state index is -0.177. The summed E-state index contributed by atoms with van der Waals surface area (Å²) in [6.45, 7) is 0.965. The highest BCUT2D eigenvalue weighted by molar-refractivity contribution is 5.96. The van der Waals surface area contributed by atoms with Crippen molar-refractivity contribution in [1.82, 2.24) is 10.2 Å². The SMILES string of the molecule is O=C(NCC(=O)N1CCC2CCCCC21)c1ccccc1. The van der Waals surface area contributed by atoms with Crippen molar-refractivity contribution < 1.29 is 9.59 Å². The minimum Gasteiger partial charge on any atom is -0.343 e. The molecule has 2 unspecified atom stereocenters. The van der Waals surface area contributed by atoms with E-state index < -0.39 is 0 Å². The molecular weight excluding hydrogens is 264 g/mol. The van der Waals surface area contributed by atoms with Gasteiger partial charge in [-0.1, -0.05) is 31.0 Å². The summed E-state index contributed by atoms with van der Waals surface area (Å²) in [5.41, 5.74) is 0.599. The molecule has 3 rings (SSSR count). The molecule has 4 heteroatoms. The molecule has 1 aliphatic carbocycles. The zero-order valence-electron chi connectivity index (χ0n) is 12.3. The fraction of sp³-hybridized carbons (Fsp3) is 0.529. The number of nitrogens with zero attached hydrogens (tertiary/aromatic N) is 1. The molecule has 1 aromatic rings. The molecule has 2 aliphatic rings. The summed E-state index contributed by atoms with van der Waals surface area (Å²) in [5.74, 6) is 0.574. The van der Waals surface area contributed by atoms with Crippen LogP contribution in [0, 0.1) is 5.92 Å². The molecule has 1 saturated carbocycles. The molecule has 0 radical (unpaired) electrons. The Morgan fingerprint density at radius 2 is 1.86 bits per heavy atom. The topological polar surface area (TPSA) is 49.4 Å². The van der Waals surface area contributed by atoms with Crippen molar-refractivity contribution in [2.24, 2.45) is 5.92 Å². The van der Waals surface area contributed by atoms with Crippen molar-refractivity contribution in [1.29, 1.82) is 0 Å². The first-order valence-corrected chi connectivity index (χ1v) is 7.88. The van der Waals surface area contributed by atoms with E-state index in [-0.39, 0.29) is 18.4 Å². The van der Waals surface area contributed by atoms with Crippen LogP contribution in [-0.2, 0) is 4.79 Å². The average molecular weight is 286 g/mol. The summed E-state index contributed by atoms with van der Waals surface area (Å²) >= 11 is 0.